The van der Waals surface area contributed by atoms with Crippen LogP contribution in [0, 0.1) is 23.2 Å². The van der Waals surface area contributed by atoms with E-state index in [0.717, 1.165) is 24.0 Å². The maximum Gasteiger partial charge on any atom is 0.497 e. The Morgan fingerprint density at radius 1 is 0.726 bits per heavy atom. The minimum atomic E-state index is -1.58. The summed E-state index contributed by atoms with van der Waals surface area (Å²) in [5.74, 6) is -2.32. The number of rotatable bonds is 22. The molecule has 1 unspecified atom stereocenters. The topological polar surface area (TPSA) is 268 Å². The lowest BCUT2D eigenvalue weighted by Crippen LogP contribution is -2.65. The van der Waals surface area contributed by atoms with Crippen LogP contribution in [0.15, 0.2) is 48.5 Å². The summed E-state index contributed by atoms with van der Waals surface area (Å²) in [6.45, 7) is 11.1. The van der Waals surface area contributed by atoms with Crippen LogP contribution in [0.2, 0.25) is 5.02 Å². The molecule has 5 amide bonds. The van der Waals surface area contributed by atoms with Crippen LogP contribution in [-0.4, -0.2) is 91.8 Å². The van der Waals surface area contributed by atoms with E-state index in [2.05, 4.69) is 47.4 Å². The SMILES string of the molecule is CC(C)C[C@H](NC(=O)[C@H](N)NC(=O)[C@H](CCCCN)NC(=O)[C@H](CCCCN)NC(=O)c1ccc(-c2ccc(Cl)cc2)cc1)C(=O)N[C@@H](N)B1OC2C[C@@H]3C[C@@H](C3(C)C)[C@]2(C)O1. The van der Waals surface area contributed by atoms with Crippen molar-refractivity contribution >= 4 is 48.3 Å². The highest BCUT2D eigenvalue weighted by Crippen LogP contribution is 2.65. The van der Waals surface area contributed by atoms with Crippen LogP contribution in [0.4, 0.5) is 0 Å². The van der Waals surface area contributed by atoms with Gasteiger partial charge in [-0.2, -0.15) is 0 Å². The largest absolute Gasteiger partial charge is 0.497 e. The van der Waals surface area contributed by atoms with Crippen molar-refractivity contribution < 1.29 is 33.3 Å². The zero-order chi connectivity index (χ0) is 45.4. The van der Waals surface area contributed by atoms with Crippen LogP contribution in [-0.2, 0) is 28.5 Å². The van der Waals surface area contributed by atoms with Gasteiger partial charge in [0.25, 0.3) is 11.8 Å². The Labute approximate surface area is 370 Å². The standard InChI is InChI=1S/C44H67BClN9O7/c1-25(2)22-33(40(59)55-42(50)45-61-35-24-29-23-34(43(29,3)4)44(35,5)62-45)53-41(60)36(49)54-39(58)32(11-7-9-21-48)52-38(57)31(10-6-8-20-47)51-37(56)28-14-12-26(13-15-28)27-16-18-30(46)19-17-27/h12-19,25,29,31-36,42H,6-11,20-24,47-50H2,1-5H3,(H,51,56)(H,52,57)(H,53,60)(H,54,58)(H,55,59)/t29-,31-,32-,33-,34-,35?,36+,42+,44-/m0/s1. The fraction of sp³-hybridized carbons (Fsp3) is 0.614. The minimum Gasteiger partial charge on any atom is -0.403 e. The Kier molecular flexibility index (Phi) is 17.0. The van der Waals surface area contributed by atoms with E-state index in [9.17, 15) is 24.0 Å². The van der Waals surface area contributed by atoms with Crippen molar-refractivity contribution in [3.63, 3.8) is 0 Å². The van der Waals surface area contributed by atoms with E-state index >= 15 is 0 Å². The minimum absolute atomic E-state index is 0.0166. The van der Waals surface area contributed by atoms with Gasteiger partial charge in [0.05, 0.1) is 11.7 Å². The number of hydrogen-bond donors (Lipinski definition) is 9. The summed E-state index contributed by atoms with van der Waals surface area (Å²) in [5, 5.41) is 14.1. The summed E-state index contributed by atoms with van der Waals surface area (Å²) in [6, 6.07) is 10.1. The molecule has 1 aliphatic heterocycles. The van der Waals surface area contributed by atoms with E-state index in [0.29, 0.717) is 61.2 Å². The quantitative estimate of drug-likeness (QED) is 0.0471. The van der Waals surface area contributed by atoms with Crippen LogP contribution in [0.1, 0.15) is 103 Å². The second-order valence-corrected chi connectivity index (χ2v) is 18.7. The van der Waals surface area contributed by atoms with Crippen molar-refractivity contribution in [1.82, 2.24) is 26.6 Å². The summed E-state index contributed by atoms with van der Waals surface area (Å²) < 4.78 is 12.7. The van der Waals surface area contributed by atoms with E-state index in [1.165, 1.54) is 0 Å². The molecule has 2 aromatic rings. The molecule has 62 heavy (non-hydrogen) atoms. The lowest BCUT2D eigenvalue weighted by Gasteiger charge is -2.64. The first-order valence-electron chi connectivity index (χ1n) is 22.0. The van der Waals surface area contributed by atoms with Crippen molar-refractivity contribution in [3.05, 3.63) is 59.1 Å². The summed E-state index contributed by atoms with van der Waals surface area (Å²) in [6.07, 6.45) is 3.10. The van der Waals surface area contributed by atoms with Crippen molar-refractivity contribution in [3.8, 4) is 11.1 Å². The van der Waals surface area contributed by atoms with Gasteiger partial charge in [-0.1, -0.05) is 63.6 Å². The van der Waals surface area contributed by atoms with Crippen molar-refractivity contribution in [2.75, 3.05) is 13.1 Å². The van der Waals surface area contributed by atoms with Crippen LogP contribution >= 0.6 is 11.6 Å². The van der Waals surface area contributed by atoms with Crippen molar-refractivity contribution in [2.45, 2.75) is 134 Å². The zero-order valence-electron chi connectivity index (χ0n) is 36.7. The molecule has 2 bridgehead atoms. The van der Waals surface area contributed by atoms with Gasteiger partial charge in [0.2, 0.25) is 17.7 Å². The molecule has 9 atom stereocenters. The van der Waals surface area contributed by atoms with Gasteiger partial charge in [0.15, 0.2) is 6.17 Å². The Balaban J connectivity index is 1.19. The van der Waals surface area contributed by atoms with Gasteiger partial charge in [-0.05, 0) is 136 Å². The monoisotopic (exact) mass is 879 g/mol. The number of amides is 5. The van der Waals surface area contributed by atoms with E-state index < -0.39 is 72.6 Å². The molecule has 18 heteroatoms. The fourth-order valence-electron chi connectivity index (χ4n) is 9.16. The van der Waals surface area contributed by atoms with Crippen LogP contribution in [0.5, 0.6) is 0 Å². The van der Waals surface area contributed by atoms with Gasteiger partial charge in [0, 0.05) is 10.6 Å². The van der Waals surface area contributed by atoms with Gasteiger partial charge in [0.1, 0.15) is 24.2 Å². The molecule has 1 saturated heterocycles. The summed E-state index contributed by atoms with van der Waals surface area (Å²) in [4.78, 5) is 68.1. The number of benzene rings is 2. The molecule has 2 aromatic carbocycles. The summed E-state index contributed by atoms with van der Waals surface area (Å²) in [7, 11) is -0.867. The molecule has 340 valence electrons. The summed E-state index contributed by atoms with van der Waals surface area (Å²) in [5.41, 5.74) is 25.9. The highest BCUT2D eigenvalue weighted by atomic mass is 35.5. The van der Waals surface area contributed by atoms with Gasteiger partial charge in [-0.25, -0.2) is 0 Å². The Morgan fingerprint density at radius 2 is 1.26 bits per heavy atom. The van der Waals surface area contributed by atoms with E-state index in [4.69, 9.17) is 43.8 Å². The molecule has 13 N–H and O–H groups in total. The number of nitrogens with one attached hydrogen (secondary N) is 5. The molecular weight excluding hydrogens is 813 g/mol. The third kappa shape index (κ3) is 11.9. The predicted octanol–water partition coefficient (Wildman–Crippen LogP) is 2.45. The van der Waals surface area contributed by atoms with Gasteiger partial charge in [-0.3, -0.25) is 24.0 Å². The highest BCUT2D eigenvalue weighted by molar-refractivity contribution is 6.47. The molecular formula is C44H67BClN9O7. The first-order valence-corrected chi connectivity index (χ1v) is 22.4. The molecule has 0 aromatic heterocycles. The van der Waals surface area contributed by atoms with Crippen molar-refractivity contribution in [1.29, 1.82) is 0 Å². The Hall–Kier alpha value is -4.10. The smallest absolute Gasteiger partial charge is 0.403 e. The second kappa shape index (κ2) is 21.5. The predicted molar refractivity (Wildman–Crippen MR) is 240 cm³/mol. The number of halogens is 1. The van der Waals surface area contributed by atoms with E-state index in [-0.39, 0.29) is 36.7 Å². The maximum absolute atomic E-state index is 13.8. The fourth-order valence-corrected chi connectivity index (χ4v) is 9.29. The molecule has 16 nitrogen and oxygen atoms in total. The zero-order valence-corrected chi connectivity index (χ0v) is 37.5. The number of hydrogen-bond acceptors (Lipinski definition) is 11. The molecule has 3 saturated carbocycles. The normalized spacial score (nSPS) is 23.5. The van der Waals surface area contributed by atoms with Crippen LogP contribution < -0.4 is 49.5 Å². The Morgan fingerprint density at radius 3 is 1.82 bits per heavy atom. The average Bonchev–Trinajstić information content (AvgIpc) is 3.60. The lowest BCUT2D eigenvalue weighted by molar-refractivity contribution is -0.199. The van der Waals surface area contributed by atoms with E-state index in [1.54, 1.807) is 36.4 Å². The third-order valence-electron chi connectivity index (χ3n) is 13.0. The second-order valence-electron chi connectivity index (χ2n) is 18.3. The molecule has 4 aliphatic rings. The number of nitrogens with two attached hydrogens (primary N) is 4. The van der Waals surface area contributed by atoms with Gasteiger partial charge < -0.3 is 58.8 Å². The highest BCUT2D eigenvalue weighted by Gasteiger charge is 2.68. The number of carbonyl (C=O) groups excluding carboxylic acids is 5. The average molecular weight is 880 g/mol. The molecule has 0 spiro atoms. The van der Waals surface area contributed by atoms with Crippen molar-refractivity contribution in [2.24, 2.45) is 46.1 Å². The van der Waals surface area contributed by atoms with Gasteiger partial charge >= 0.3 is 7.12 Å². The van der Waals surface area contributed by atoms with Gasteiger partial charge in [-0.15, -0.1) is 0 Å². The maximum atomic E-state index is 13.8. The molecule has 4 fully saturated rings. The number of unbranched alkanes of at least 4 members (excludes halogenated alkanes) is 2. The number of carbonyl (C=O) groups is 5. The first-order chi connectivity index (χ1) is 29.4. The first kappa shape index (κ1) is 48.9. The van der Waals surface area contributed by atoms with Crippen LogP contribution in [0.25, 0.3) is 11.1 Å². The lowest BCUT2D eigenvalue weighted by atomic mass is 9.43. The summed E-state index contributed by atoms with van der Waals surface area (Å²) >= 11 is 6.03. The van der Waals surface area contributed by atoms with Crippen LogP contribution in [0.3, 0.4) is 0 Å². The molecule has 3 aliphatic carbocycles. The molecule has 0 radical (unpaired) electrons. The Bertz CT molecular complexity index is 1870. The molecule has 1 heterocycles. The molecule has 6 rings (SSSR count). The third-order valence-corrected chi connectivity index (χ3v) is 13.2. The van der Waals surface area contributed by atoms with E-state index in [1.807, 2.05) is 26.0 Å².